The fourth-order valence-corrected chi connectivity index (χ4v) is 1.19. The summed E-state index contributed by atoms with van der Waals surface area (Å²) < 4.78 is 5.09. The zero-order chi connectivity index (χ0) is 8.39. The van der Waals surface area contributed by atoms with Gasteiger partial charge < -0.3 is 9.72 Å². The molecule has 1 aliphatic rings. The zero-order valence-electron chi connectivity index (χ0n) is 6.87. The minimum atomic E-state index is 0. The Bertz CT molecular complexity index is 419. The van der Waals surface area contributed by atoms with E-state index >= 15 is 0 Å². The summed E-state index contributed by atoms with van der Waals surface area (Å²) >= 11 is 0. The maximum atomic E-state index is 5.09. The molecule has 0 fully saturated rings. The molecule has 1 aromatic heterocycles. The SMILES string of the molecule is COC1=CN=c2[nH]ccc2=CC1.[HH]. The lowest BCUT2D eigenvalue weighted by atomic mass is 10.3. The highest BCUT2D eigenvalue weighted by molar-refractivity contribution is 5.28. The van der Waals surface area contributed by atoms with E-state index in [1.807, 2.05) is 12.3 Å². The number of fused-ring (bicyclic) bond motifs is 1. The second-order valence-corrected chi connectivity index (χ2v) is 2.62. The van der Waals surface area contributed by atoms with Crippen LogP contribution in [0, 0.1) is 0 Å². The Morgan fingerprint density at radius 2 is 2.58 bits per heavy atom. The minimum Gasteiger partial charge on any atom is -0.499 e. The van der Waals surface area contributed by atoms with Crippen LogP contribution in [0.1, 0.15) is 7.85 Å². The van der Waals surface area contributed by atoms with E-state index in [0.29, 0.717) is 0 Å². The lowest BCUT2D eigenvalue weighted by molar-refractivity contribution is 0.286. The number of aromatic nitrogens is 1. The van der Waals surface area contributed by atoms with Gasteiger partial charge in [-0.3, -0.25) is 0 Å². The summed E-state index contributed by atoms with van der Waals surface area (Å²) in [6.07, 6.45) is 6.54. The van der Waals surface area contributed by atoms with Crippen molar-refractivity contribution in [1.29, 1.82) is 0 Å². The van der Waals surface area contributed by atoms with E-state index in [2.05, 4.69) is 16.1 Å². The number of H-pyrrole nitrogens is 1. The first-order valence-corrected chi connectivity index (χ1v) is 3.84. The van der Waals surface area contributed by atoms with Gasteiger partial charge in [-0.2, -0.15) is 0 Å². The van der Waals surface area contributed by atoms with E-state index in [4.69, 9.17) is 4.74 Å². The molecule has 0 radical (unpaired) electrons. The zero-order valence-corrected chi connectivity index (χ0v) is 6.87. The number of nitrogens with one attached hydrogen (secondary N) is 1. The molecule has 0 bridgehead atoms. The number of rotatable bonds is 1. The molecule has 0 spiro atoms. The third-order valence-electron chi connectivity index (χ3n) is 1.88. The summed E-state index contributed by atoms with van der Waals surface area (Å²) in [5, 5.41) is 1.14. The normalized spacial score (nSPS) is 14.9. The van der Waals surface area contributed by atoms with Crippen molar-refractivity contribution in [2.75, 3.05) is 7.11 Å². The van der Waals surface area contributed by atoms with Crippen LogP contribution in [0.2, 0.25) is 0 Å². The number of aromatic amines is 1. The van der Waals surface area contributed by atoms with Crippen molar-refractivity contribution >= 4 is 6.08 Å². The average Bonchev–Trinajstić information content (AvgIpc) is 2.46. The maximum absolute atomic E-state index is 5.09. The second kappa shape index (κ2) is 2.85. The topological polar surface area (TPSA) is 37.4 Å². The molecular weight excluding hydrogens is 152 g/mol. The third-order valence-corrected chi connectivity index (χ3v) is 1.88. The fraction of sp³-hybridized carbons (Fsp3) is 0.222. The number of methoxy groups -OCH3 is 1. The third kappa shape index (κ3) is 1.13. The molecular formula is C9H12N2O. The molecule has 12 heavy (non-hydrogen) atoms. The van der Waals surface area contributed by atoms with Crippen molar-refractivity contribution in [3.05, 3.63) is 34.9 Å². The number of hydrogen-bond acceptors (Lipinski definition) is 2. The molecule has 0 aliphatic carbocycles. The van der Waals surface area contributed by atoms with Crippen LogP contribution in [-0.4, -0.2) is 12.1 Å². The molecule has 0 amide bonds. The van der Waals surface area contributed by atoms with Crippen molar-refractivity contribution in [3.8, 4) is 0 Å². The first-order chi connectivity index (χ1) is 5.90. The van der Waals surface area contributed by atoms with Gasteiger partial charge in [-0.15, -0.1) is 0 Å². The second-order valence-electron chi connectivity index (χ2n) is 2.62. The number of allylic oxidation sites excluding steroid dienone is 1. The smallest absolute Gasteiger partial charge is 0.137 e. The molecule has 3 heteroatoms. The van der Waals surface area contributed by atoms with Gasteiger partial charge >= 0.3 is 0 Å². The molecule has 0 saturated heterocycles. The molecule has 3 nitrogen and oxygen atoms in total. The van der Waals surface area contributed by atoms with E-state index in [1.54, 1.807) is 13.3 Å². The van der Waals surface area contributed by atoms with Gasteiger partial charge in [0.2, 0.25) is 0 Å². The molecule has 1 N–H and O–H groups in total. The van der Waals surface area contributed by atoms with E-state index in [0.717, 1.165) is 22.9 Å². The molecule has 0 aromatic carbocycles. The average molecular weight is 164 g/mol. The van der Waals surface area contributed by atoms with Gasteiger partial charge in [0.25, 0.3) is 0 Å². The highest BCUT2D eigenvalue weighted by atomic mass is 16.5. The van der Waals surface area contributed by atoms with Crippen LogP contribution in [-0.2, 0) is 4.74 Å². The van der Waals surface area contributed by atoms with Crippen LogP contribution in [0.3, 0.4) is 0 Å². The summed E-state index contributed by atoms with van der Waals surface area (Å²) in [4.78, 5) is 7.27. The molecule has 1 aromatic rings. The standard InChI is InChI=1S/C9H10N2O.H2/c1-12-8-3-2-7-4-5-10-9(7)11-6-8;/h2,4-6H,3H2,1H3,(H,10,11);1H. The lowest BCUT2D eigenvalue weighted by Crippen LogP contribution is -2.21. The van der Waals surface area contributed by atoms with E-state index in [-0.39, 0.29) is 1.43 Å². The van der Waals surface area contributed by atoms with Crippen LogP contribution in [0.15, 0.2) is 29.2 Å². The highest BCUT2D eigenvalue weighted by Gasteiger charge is 1.97. The van der Waals surface area contributed by atoms with Crippen LogP contribution < -0.4 is 10.7 Å². The van der Waals surface area contributed by atoms with Crippen molar-refractivity contribution in [3.63, 3.8) is 0 Å². The van der Waals surface area contributed by atoms with Gasteiger partial charge in [0.05, 0.1) is 13.3 Å². The molecule has 0 unspecified atom stereocenters. The van der Waals surface area contributed by atoms with Crippen molar-refractivity contribution in [2.45, 2.75) is 6.42 Å². The first kappa shape index (κ1) is 7.16. The quantitative estimate of drug-likeness (QED) is 0.646. The van der Waals surface area contributed by atoms with Crippen molar-refractivity contribution in [1.82, 2.24) is 4.98 Å². The number of hydrogen-bond donors (Lipinski definition) is 1. The molecule has 2 rings (SSSR count). The summed E-state index contributed by atoms with van der Waals surface area (Å²) in [7, 11) is 1.66. The van der Waals surface area contributed by atoms with Crippen LogP contribution in [0.4, 0.5) is 0 Å². The largest absolute Gasteiger partial charge is 0.499 e. The van der Waals surface area contributed by atoms with Gasteiger partial charge in [0, 0.05) is 19.3 Å². The summed E-state index contributed by atoms with van der Waals surface area (Å²) in [5.41, 5.74) is 0.905. The van der Waals surface area contributed by atoms with Gasteiger partial charge in [0.1, 0.15) is 11.2 Å². The number of ether oxygens (including phenoxy) is 1. The highest BCUT2D eigenvalue weighted by Crippen LogP contribution is 2.03. The minimum absolute atomic E-state index is 0. The van der Waals surface area contributed by atoms with Crippen molar-refractivity contribution in [2.24, 2.45) is 4.99 Å². The lowest BCUT2D eigenvalue weighted by Gasteiger charge is -1.97. The molecule has 2 heterocycles. The summed E-state index contributed by atoms with van der Waals surface area (Å²) in [6, 6.07) is 2.01. The Hall–Kier alpha value is -1.51. The van der Waals surface area contributed by atoms with E-state index in [9.17, 15) is 0 Å². The molecule has 1 aliphatic heterocycles. The van der Waals surface area contributed by atoms with Crippen LogP contribution in [0.25, 0.3) is 6.08 Å². The van der Waals surface area contributed by atoms with Gasteiger partial charge in [-0.1, -0.05) is 6.08 Å². The fourth-order valence-electron chi connectivity index (χ4n) is 1.19. The van der Waals surface area contributed by atoms with Gasteiger partial charge in [0.15, 0.2) is 0 Å². The summed E-state index contributed by atoms with van der Waals surface area (Å²) in [5.74, 6) is 0.889. The Balaban J connectivity index is 0.000000845. The Labute approximate surface area is 71.6 Å². The molecule has 0 saturated carbocycles. The number of nitrogens with zero attached hydrogens (tertiary/aromatic N) is 1. The van der Waals surface area contributed by atoms with Crippen molar-refractivity contribution < 1.29 is 6.16 Å². The predicted molar refractivity (Wildman–Crippen MR) is 47.9 cm³/mol. The monoisotopic (exact) mass is 164 g/mol. The summed E-state index contributed by atoms with van der Waals surface area (Å²) in [6.45, 7) is 0. The van der Waals surface area contributed by atoms with Gasteiger partial charge in [-0.05, 0) is 6.07 Å². The Morgan fingerprint density at radius 1 is 1.67 bits per heavy atom. The van der Waals surface area contributed by atoms with E-state index < -0.39 is 0 Å². The molecule has 0 atom stereocenters. The van der Waals surface area contributed by atoms with E-state index in [1.165, 1.54) is 0 Å². The Kier molecular flexibility index (Phi) is 1.70. The Morgan fingerprint density at radius 3 is 3.42 bits per heavy atom. The van der Waals surface area contributed by atoms with Crippen LogP contribution in [0.5, 0.6) is 0 Å². The van der Waals surface area contributed by atoms with Crippen LogP contribution >= 0.6 is 0 Å². The van der Waals surface area contributed by atoms with Gasteiger partial charge in [-0.25, -0.2) is 4.99 Å². The predicted octanol–water partition coefficient (Wildman–Crippen LogP) is 0.552. The maximum Gasteiger partial charge on any atom is 0.137 e. The molecule has 64 valence electrons. The first-order valence-electron chi connectivity index (χ1n) is 3.84.